The van der Waals surface area contributed by atoms with E-state index >= 15 is 0 Å². The molecule has 0 aromatic heterocycles. The molecule has 1 unspecified atom stereocenters. The van der Waals surface area contributed by atoms with E-state index < -0.39 is 0 Å². The average molecular weight is 226 g/mol. The van der Waals surface area contributed by atoms with Crippen LogP contribution in [-0.2, 0) is 0 Å². The van der Waals surface area contributed by atoms with Gasteiger partial charge in [-0.15, -0.1) is 0 Å². The van der Waals surface area contributed by atoms with Crippen molar-refractivity contribution in [3.05, 3.63) is 0 Å². The summed E-state index contributed by atoms with van der Waals surface area (Å²) < 4.78 is 0. The number of likely N-dealkylation sites (N-methyl/N-ethyl adjacent to an activating group) is 1. The van der Waals surface area contributed by atoms with Gasteiger partial charge in [-0.1, -0.05) is 20.8 Å². The fourth-order valence-electron chi connectivity index (χ4n) is 3.24. The Morgan fingerprint density at radius 1 is 1.31 bits per heavy atom. The van der Waals surface area contributed by atoms with E-state index in [1.165, 1.54) is 32.1 Å². The zero-order valence-corrected chi connectivity index (χ0v) is 11.6. The third-order valence-electron chi connectivity index (χ3n) is 4.66. The van der Waals surface area contributed by atoms with Gasteiger partial charge in [0.05, 0.1) is 0 Å². The first-order chi connectivity index (χ1) is 7.59. The summed E-state index contributed by atoms with van der Waals surface area (Å²) in [6.07, 6.45) is 6.52. The van der Waals surface area contributed by atoms with Crippen LogP contribution in [0, 0.1) is 5.92 Å². The molecule has 2 nitrogen and oxygen atoms in total. The van der Waals surface area contributed by atoms with E-state index in [1.807, 2.05) is 0 Å². The average Bonchev–Trinajstić information content (AvgIpc) is 2.32. The maximum atomic E-state index is 6.11. The Labute approximate surface area is 102 Å². The maximum absolute atomic E-state index is 6.11. The lowest BCUT2D eigenvalue weighted by atomic mass is 9.75. The predicted molar refractivity (Wildman–Crippen MR) is 71.6 cm³/mol. The smallest absolute Gasteiger partial charge is 0.0334 e. The van der Waals surface area contributed by atoms with E-state index in [0.29, 0.717) is 11.6 Å². The van der Waals surface area contributed by atoms with Gasteiger partial charge in [0.1, 0.15) is 0 Å². The van der Waals surface area contributed by atoms with E-state index in [-0.39, 0.29) is 0 Å². The van der Waals surface area contributed by atoms with Gasteiger partial charge >= 0.3 is 0 Å². The van der Waals surface area contributed by atoms with E-state index in [4.69, 9.17) is 5.73 Å². The lowest BCUT2D eigenvalue weighted by Gasteiger charge is -2.49. The third-order valence-corrected chi connectivity index (χ3v) is 4.66. The van der Waals surface area contributed by atoms with Gasteiger partial charge < -0.3 is 5.73 Å². The summed E-state index contributed by atoms with van der Waals surface area (Å²) in [6, 6.07) is 0.668. The van der Waals surface area contributed by atoms with E-state index in [9.17, 15) is 0 Å². The van der Waals surface area contributed by atoms with E-state index in [0.717, 1.165) is 19.0 Å². The first-order valence-electron chi connectivity index (χ1n) is 7.06. The van der Waals surface area contributed by atoms with Crippen molar-refractivity contribution < 1.29 is 0 Å². The van der Waals surface area contributed by atoms with Crippen LogP contribution in [0.4, 0.5) is 0 Å². The van der Waals surface area contributed by atoms with Gasteiger partial charge in [-0.2, -0.15) is 0 Å². The highest BCUT2D eigenvalue weighted by Gasteiger charge is 2.39. The molecule has 1 aliphatic carbocycles. The lowest BCUT2D eigenvalue weighted by Crippen LogP contribution is -2.58. The van der Waals surface area contributed by atoms with Crippen molar-refractivity contribution in [1.29, 1.82) is 0 Å². The molecule has 16 heavy (non-hydrogen) atoms. The molecule has 2 heteroatoms. The molecular weight excluding hydrogens is 196 g/mol. The molecule has 96 valence electrons. The number of hydrogen-bond donors (Lipinski definition) is 1. The fourth-order valence-corrected chi connectivity index (χ4v) is 3.24. The highest BCUT2D eigenvalue weighted by atomic mass is 15.2. The second-order valence-electron chi connectivity index (χ2n) is 5.65. The molecule has 0 amide bonds. The summed E-state index contributed by atoms with van der Waals surface area (Å²) in [6.45, 7) is 11.3. The third kappa shape index (κ3) is 2.78. The second-order valence-corrected chi connectivity index (χ2v) is 5.65. The molecule has 0 aliphatic heterocycles. The summed E-state index contributed by atoms with van der Waals surface area (Å²) in [7, 11) is 0. The Hall–Kier alpha value is -0.0800. The van der Waals surface area contributed by atoms with Crippen molar-refractivity contribution in [2.45, 2.75) is 71.4 Å². The van der Waals surface area contributed by atoms with Crippen molar-refractivity contribution in [1.82, 2.24) is 4.90 Å². The number of hydrogen-bond acceptors (Lipinski definition) is 2. The Morgan fingerprint density at radius 3 is 2.25 bits per heavy atom. The molecule has 0 aromatic carbocycles. The molecule has 1 rings (SSSR count). The summed E-state index contributed by atoms with van der Waals surface area (Å²) in [5.74, 6) is 0.898. The molecule has 0 spiro atoms. The Balaban J connectivity index is 2.76. The predicted octanol–water partition coefficient (Wildman–Crippen LogP) is 3.01. The summed E-state index contributed by atoms with van der Waals surface area (Å²) >= 11 is 0. The quantitative estimate of drug-likeness (QED) is 0.781. The molecule has 0 bridgehead atoms. The highest BCUT2D eigenvalue weighted by Crippen LogP contribution is 2.37. The van der Waals surface area contributed by atoms with Crippen molar-refractivity contribution in [2.75, 3.05) is 13.1 Å². The van der Waals surface area contributed by atoms with Crippen LogP contribution in [-0.4, -0.2) is 29.6 Å². The lowest BCUT2D eigenvalue weighted by molar-refractivity contribution is 0.0176. The van der Waals surface area contributed by atoms with E-state index in [1.54, 1.807) is 0 Å². The van der Waals surface area contributed by atoms with Crippen LogP contribution in [0.15, 0.2) is 0 Å². The minimum atomic E-state index is 0.302. The Bertz CT molecular complexity index is 195. The van der Waals surface area contributed by atoms with Crippen LogP contribution in [0.3, 0.4) is 0 Å². The minimum Gasteiger partial charge on any atom is -0.329 e. The van der Waals surface area contributed by atoms with Crippen molar-refractivity contribution in [3.8, 4) is 0 Å². The fraction of sp³-hybridized carbons (Fsp3) is 1.00. The topological polar surface area (TPSA) is 29.3 Å². The molecule has 0 aromatic rings. The van der Waals surface area contributed by atoms with Crippen LogP contribution >= 0.6 is 0 Å². The van der Waals surface area contributed by atoms with Crippen LogP contribution in [0.25, 0.3) is 0 Å². The largest absolute Gasteiger partial charge is 0.329 e. The van der Waals surface area contributed by atoms with Gasteiger partial charge in [0.2, 0.25) is 0 Å². The molecule has 0 saturated heterocycles. The highest BCUT2D eigenvalue weighted by molar-refractivity contribution is 4.96. The van der Waals surface area contributed by atoms with Gasteiger partial charge in [0, 0.05) is 18.1 Å². The van der Waals surface area contributed by atoms with Gasteiger partial charge in [0.15, 0.2) is 0 Å². The number of rotatable bonds is 5. The summed E-state index contributed by atoms with van der Waals surface area (Å²) in [5.41, 5.74) is 6.41. The number of nitrogens with zero attached hydrogens (tertiary/aromatic N) is 1. The Morgan fingerprint density at radius 2 is 1.88 bits per heavy atom. The summed E-state index contributed by atoms with van der Waals surface area (Å²) in [4.78, 5) is 2.67. The molecule has 1 fully saturated rings. The molecule has 0 heterocycles. The second kappa shape index (κ2) is 6.02. The van der Waals surface area contributed by atoms with Gasteiger partial charge in [0.25, 0.3) is 0 Å². The molecule has 1 saturated carbocycles. The molecule has 0 radical (unpaired) electrons. The van der Waals surface area contributed by atoms with Crippen LogP contribution in [0.1, 0.15) is 59.8 Å². The van der Waals surface area contributed by atoms with Gasteiger partial charge in [-0.25, -0.2) is 0 Å². The SMILES string of the molecule is CCC(C)N(CC)C1(CN)CCC(C)CC1. The standard InChI is InChI=1S/C14H30N2/c1-5-13(4)16(6-2)14(11-15)9-7-12(3)8-10-14/h12-13H,5-11,15H2,1-4H3. The van der Waals surface area contributed by atoms with Crippen molar-refractivity contribution >= 4 is 0 Å². The monoisotopic (exact) mass is 226 g/mol. The van der Waals surface area contributed by atoms with Crippen LogP contribution < -0.4 is 5.73 Å². The zero-order chi connectivity index (χ0) is 12.2. The molecular formula is C14H30N2. The van der Waals surface area contributed by atoms with Gasteiger partial charge in [-0.3, -0.25) is 4.90 Å². The zero-order valence-electron chi connectivity index (χ0n) is 11.6. The van der Waals surface area contributed by atoms with Crippen molar-refractivity contribution in [3.63, 3.8) is 0 Å². The summed E-state index contributed by atoms with van der Waals surface area (Å²) in [5, 5.41) is 0. The van der Waals surface area contributed by atoms with Crippen LogP contribution in [0.2, 0.25) is 0 Å². The van der Waals surface area contributed by atoms with Crippen LogP contribution in [0.5, 0.6) is 0 Å². The molecule has 2 N–H and O–H groups in total. The van der Waals surface area contributed by atoms with Gasteiger partial charge in [-0.05, 0) is 51.5 Å². The Kier molecular flexibility index (Phi) is 5.26. The maximum Gasteiger partial charge on any atom is 0.0334 e. The molecule has 1 aliphatic rings. The van der Waals surface area contributed by atoms with E-state index in [2.05, 4.69) is 32.6 Å². The van der Waals surface area contributed by atoms with Crippen molar-refractivity contribution in [2.24, 2.45) is 11.7 Å². The normalized spacial score (nSPS) is 33.0. The first kappa shape index (κ1) is 14.0. The minimum absolute atomic E-state index is 0.302. The molecule has 1 atom stereocenters. The first-order valence-corrected chi connectivity index (χ1v) is 7.06. The number of nitrogens with two attached hydrogens (primary N) is 1.